The normalized spacial score (nSPS) is 7.86. The molecule has 0 saturated carbocycles. The molecule has 0 bridgehead atoms. The summed E-state index contributed by atoms with van der Waals surface area (Å²) < 4.78 is 0. The van der Waals surface area contributed by atoms with E-state index >= 15 is 0 Å². The molecule has 0 heterocycles. The summed E-state index contributed by atoms with van der Waals surface area (Å²) in [4.78, 5) is 87.7. The molecule has 0 aliphatic heterocycles. The Morgan fingerprint density at radius 2 is 0.517 bits per heavy atom. The third kappa shape index (κ3) is 31.5. The van der Waals surface area contributed by atoms with Crippen LogP contribution in [0.15, 0.2) is 0 Å². The van der Waals surface area contributed by atoms with E-state index in [1.807, 2.05) is 0 Å². The summed E-state index contributed by atoms with van der Waals surface area (Å²) in [7, 11) is 0. The molecule has 158 valence electrons. The summed E-state index contributed by atoms with van der Waals surface area (Å²) in [6.07, 6.45) is -2.85. The summed E-state index contributed by atoms with van der Waals surface area (Å²) >= 11 is 0. The van der Waals surface area contributed by atoms with Crippen LogP contribution in [0.5, 0.6) is 0 Å². The number of carbonyl (C=O) groups excluding carboxylic acids is 3. The van der Waals surface area contributed by atoms with Gasteiger partial charge in [-0.1, -0.05) is 0 Å². The minimum absolute atomic E-state index is 0. The van der Waals surface area contributed by atoms with Gasteiger partial charge in [-0.2, -0.15) is 0 Å². The molecule has 0 aromatic carbocycles. The van der Waals surface area contributed by atoms with Crippen molar-refractivity contribution in [3.8, 4) is 0 Å². The van der Waals surface area contributed by atoms with Crippen molar-refractivity contribution < 1.29 is 157 Å². The zero-order valence-corrected chi connectivity index (χ0v) is 20.3. The van der Waals surface area contributed by atoms with E-state index in [2.05, 4.69) is 0 Å². The molecule has 0 rings (SSSR count). The predicted molar refractivity (Wildman–Crippen MR) is 74.7 cm³/mol. The van der Waals surface area contributed by atoms with Crippen molar-refractivity contribution in [2.24, 2.45) is 0 Å². The Morgan fingerprint density at radius 1 is 0.379 bits per heavy atom. The van der Waals surface area contributed by atoms with Crippen LogP contribution in [-0.4, -0.2) is 83.8 Å². The minimum atomic E-state index is -1.71. The molecule has 29 heavy (non-hydrogen) atoms. The molecule has 17 heteroatoms. The second-order valence-electron chi connectivity index (χ2n) is 3.90. The van der Waals surface area contributed by atoms with Gasteiger partial charge in [-0.3, -0.25) is 28.8 Å². The monoisotopic (exact) mass is 676 g/mol. The van der Waals surface area contributed by atoms with Gasteiger partial charge in [-0.15, -0.1) is 0 Å². The third-order valence-corrected chi connectivity index (χ3v) is 1.65. The molecular formula is C12H12Ce2O15. The van der Waals surface area contributed by atoms with Gasteiger partial charge in [0.1, 0.15) is 19.3 Å². The summed E-state index contributed by atoms with van der Waals surface area (Å²) in [5.41, 5.74) is 0. The number of ketones is 3. The maximum atomic E-state index is 9.97. The molecule has 0 aliphatic carbocycles. The molecule has 15 nitrogen and oxygen atoms in total. The first kappa shape index (κ1) is 38.2. The first-order chi connectivity index (χ1) is 12.1. The first-order valence-electron chi connectivity index (χ1n) is 6.05. The Hall–Kier alpha value is -1.42. The zero-order chi connectivity index (χ0) is 22.3. The minimum Gasteiger partial charge on any atom is -0.481 e. The number of Topliss-reactive ketones (excluding diaryl/α,β-unsaturated/α-hetero) is 3. The van der Waals surface area contributed by atoms with Gasteiger partial charge in [0, 0.05) is 83.5 Å². The van der Waals surface area contributed by atoms with Crippen LogP contribution in [0.4, 0.5) is 0 Å². The Labute approximate surface area is 227 Å². The second-order valence-corrected chi connectivity index (χ2v) is 3.90. The SMILES string of the molecule is O=C(O)CC(=O)C(=O)O.O=C(O)CC(=O)C(=O)O.O=C(O)CC(=O)C(=O)O.[Ce].[Ce]. The predicted octanol–water partition coefficient (Wildman–Crippen LogP) is -2.66. The molecule has 0 unspecified atom stereocenters. The van der Waals surface area contributed by atoms with Gasteiger partial charge >= 0.3 is 35.8 Å². The van der Waals surface area contributed by atoms with Gasteiger partial charge in [0.15, 0.2) is 0 Å². The van der Waals surface area contributed by atoms with Crippen LogP contribution in [0.25, 0.3) is 0 Å². The molecule has 0 radical (unpaired) electrons. The van der Waals surface area contributed by atoms with E-state index in [1.165, 1.54) is 0 Å². The van der Waals surface area contributed by atoms with Crippen molar-refractivity contribution in [1.82, 2.24) is 0 Å². The van der Waals surface area contributed by atoms with Crippen LogP contribution in [0.1, 0.15) is 19.3 Å². The molecular weight excluding hydrogens is 664 g/mol. The van der Waals surface area contributed by atoms with Gasteiger partial charge in [0.2, 0.25) is 0 Å². The quantitative estimate of drug-likeness (QED) is 0.107. The van der Waals surface area contributed by atoms with Crippen LogP contribution in [0.3, 0.4) is 0 Å². The summed E-state index contributed by atoms with van der Waals surface area (Å²) in [6, 6.07) is 0. The van der Waals surface area contributed by atoms with E-state index in [0.717, 1.165) is 0 Å². The third-order valence-electron chi connectivity index (χ3n) is 1.65. The van der Waals surface area contributed by atoms with Crippen molar-refractivity contribution >= 4 is 53.2 Å². The van der Waals surface area contributed by atoms with Gasteiger partial charge in [0.05, 0.1) is 0 Å². The molecule has 0 amide bonds. The van der Waals surface area contributed by atoms with Crippen LogP contribution in [-0.2, 0) is 43.2 Å². The summed E-state index contributed by atoms with van der Waals surface area (Å²) in [5.74, 6) is -13.3. The Morgan fingerprint density at radius 3 is 0.552 bits per heavy atom. The summed E-state index contributed by atoms with van der Waals surface area (Å²) in [6.45, 7) is 0. The van der Waals surface area contributed by atoms with Crippen LogP contribution in [0, 0.1) is 83.5 Å². The van der Waals surface area contributed by atoms with E-state index in [0.29, 0.717) is 0 Å². The Balaban J connectivity index is -0.0000000960. The number of aliphatic carboxylic acids is 6. The molecule has 0 aromatic heterocycles. The fourth-order valence-corrected chi connectivity index (χ4v) is 0.639. The molecule has 0 fully saturated rings. The average molecular weight is 676 g/mol. The van der Waals surface area contributed by atoms with E-state index in [9.17, 15) is 43.2 Å². The number of rotatable bonds is 9. The first-order valence-corrected chi connectivity index (χ1v) is 6.05. The standard InChI is InChI=1S/3C4H4O5.2Ce/c3*5-2(4(8)9)1-3(6)7;;/h3*1H2,(H,6,7)(H,8,9);;. The number of carboxylic acids is 6. The van der Waals surface area contributed by atoms with Gasteiger partial charge in [0.25, 0.3) is 17.3 Å². The van der Waals surface area contributed by atoms with Gasteiger partial charge < -0.3 is 30.6 Å². The zero-order valence-electron chi connectivity index (χ0n) is 14.0. The molecule has 0 aliphatic rings. The van der Waals surface area contributed by atoms with E-state index in [4.69, 9.17) is 30.6 Å². The van der Waals surface area contributed by atoms with Crippen LogP contribution < -0.4 is 0 Å². The Kier molecular flexibility index (Phi) is 28.1. The molecule has 0 aromatic rings. The number of carbonyl (C=O) groups is 9. The fourth-order valence-electron chi connectivity index (χ4n) is 0.639. The van der Waals surface area contributed by atoms with Crippen LogP contribution >= 0.6 is 0 Å². The molecule has 0 spiro atoms. The number of hydrogen-bond donors (Lipinski definition) is 6. The number of hydrogen-bond acceptors (Lipinski definition) is 9. The van der Waals surface area contributed by atoms with Crippen molar-refractivity contribution in [3.63, 3.8) is 0 Å². The number of carboxylic acid groups (broad SMARTS) is 6. The maximum absolute atomic E-state index is 9.97. The van der Waals surface area contributed by atoms with Crippen molar-refractivity contribution in [2.45, 2.75) is 19.3 Å². The van der Waals surface area contributed by atoms with E-state index in [1.54, 1.807) is 0 Å². The largest absolute Gasteiger partial charge is 0.481 e. The topological polar surface area (TPSA) is 275 Å². The molecule has 0 atom stereocenters. The summed E-state index contributed by atoms with van der Waals surface area (Å²) in [5, 5.41) is 47.0. The van der Waals surface area contributed by atoms with E-state index in [-0.39, 0.29) is 83.5 Å². The van der Waals surface area contributed by atoms with Crippen LogP contribution in [0.2, 0.25) is 0 Å². The fraction of sp³-hybridized carbons (Fsp3) is 0.250. The molecule has 0 saturated heterocycles. The van der Waals surface area contributed by atoms with E-state index < -0.39 is 72.4 Å². The molecule has 6 N–H and O–H groups in total. The second kappa shape index (κ2) is 21.3. The van der Waals surface area contributed by atoms with Crippen molar-refractivity contribution in [1.29, 1.82) is 0 Å². The Bertz CT molecular complexity index is 576. The van der Waals surface area contributed by atoms with Crippen molar-refractivity contribution in [3.05, 3.63) is 0 Å². The van der Waals surface area contributed by atoms with Gasteiger partial charge in [-0.25, -0.2) is 14.4 Å². The average Bonchev–Trinajstić information content (AvgIpc) is 2.46. The maximum Gasteiger partial charge on any atom is 0.372 e. The van der Waals surface area contributed by atoms with Crippen molar-refractivity contribution in [2.75, 3.05) is 0 Å². The smallest absolute Gasteiger partial charge is 0.372 e. The van der Waals surface area contributed by atoms with Gasteiger partial charge in [-0.05, 0) is 0 Å².